The number of hydrogen-bond acceptors (Lipinski definition) is 6. The normalized spacial score (nSPS) is 22.6. The van der Waals surface area contributed by atoms with Gasteiger partial charge in [-0.25, -0.2) is 4.98 Å². The van der Waals surface area contributed by atoms with E-state index in [1.807, 2.05) is 33.4 Å². The lowest BCUT2D eigenvalue weighted by Gasteiger charge is -2.52. The van der Waals surface area contributed by atoms with Crippen molar-refractivity contribution in [3.8, 4) is 0 Å². The molecule has 1 atom stereocenters. The molecule has 0 spiro atoms. The maximum absolute atomic E-state index is 12.8. The molecule has 2 aromatic rings. The highest BCUT2D eigenvalue weighted by atomic mass is 32.1. The number of aromatic nitrogens is 1. The number of hydrogen-bond donors (Lipinski definition) is 0. The molecule has 9 heteroatoms. The average Bonchev–Trinajstić information content (AvgIpc) is 3.51. The zero-order valence-corrected chi connectivity index (χ0v) is 21.0. The summed E-state index contributed by atoms with van der Waals surface area (Å²) in [5.41, 5.74) is 5.84. The molecular formula is C26H30BN5O2S. The van der Waals surface area contributed by atoms with E-state index in [4.69, 9.17) is 7.85 Å². The number of carbonyl (C=O) groups is 2. The molecule has 3 fully saturated rings. The standard InChI is InChI=1S/C26H30BN5O2S/c1-17(33)32-22-7-5-20(27)14-19(22)4-6-23(32)24(18-2-3-18)31-15-21(16-31)29-9-11-30(12-10-29)26(34)25-28-8-13-35-25/h5,7-8,13-14,21,23H,2-4,6,9-12,15-16H2,1H3. The Balaban J connectivity index is 1.12. The molecular weight excluding hydrogens is 457 g/mol. The van der Waals surface area contributed by atoms with E-state index in [0.29, 0.717) is 11.0 Å². The second-order valence-electron chi connectivity index (χ2n) is 10.0. The minimum absolute atomic E-state index is 0.0549. The van der Waals surface area contributed by atoms with Crippen LogP contribution in [0.5, 0.6) is 0 Å². The van der Waals surface area contributed by atoms with Crippen LogP contribution in [0.15, 0.2) is 41.0 Å². The van der Waals surface area contributed by atoms with Crippen molar-refractivity contribution in [2.45, 2.75) is 44.7 Å². The lowest BCUT2D eigenvalue weighted by atomic mass is 9.86. The first kappa shape index (κ1) is 22.8. The van der Waals surface area contributed by atoms with Crippen LogP contribution in [-0.2, 0) is 11.2 Å². The highest BCUT2D eigenvalue weighted by Gasteiger charge is 2.42. The van der Waals surface area contributed by atoms with E-state index < -0.39 is 0 Å². The molecule has 2 saturated heterocycles. The predicted molar refractivity (Wildman–Crippen MR) is 138 cm³/mol. The van der Waals surface area contributed by atoms with Gasteiger partial charge in [0.2, 0.25) is 5.91 Å². The third kappa shape index (κ3) is 4.29. The molecule has 1 unspecified atom stereocenters. The summed E-state index contributed by atoms with van der Waals surface area (Å²) in [6.45, 7) is 6.98. The van der Waals surface area contributed by atoms with E-state index in [2.05, 4.69) is 14.8 Å². The lowest BCUT2D eigenvalue weighted by Crippen LogP contribution is -2.64. The molecule has 1 aromatic heterocycles. The summed E-state index contributed by atoms with van der Waals surface area (Å²) >= 11 is 1.41. The molecule has 180 valence electrons. The Morgan fingerprint density at radius 1 is 1.06 bits per heavy atom. The maximum atomic E-state index is 12.8. The van der Waals surface area contributed by atoms with Crippen molar-refractivity contribution in [2.24, 2.45) is 0 Å². The summed E-state index contributed by atoms with van der Waals surface area (Å²) in [7, 11) is 6.02. The maximum Gasteiger partial charge on any atom is 0.282 e. The monoisotopic (exact) mass is 487 g/mol. The van der Waals surface area contributed by atoms with E-state index in [9.17, 15) is 9.59 Å². The molecule has 35 heavy (non-hydrogen) atoms. The number of fused-ring (bicyclic) bond motifs is 1. The number of carbonyl (C=O) groups excluding carboxylic acids is 2. The number of piperazine rings is 1. The van der Waals surface area contributed by atoms with E-state index in [1.165, 1.54) is 28.2 Å². The van der Waals surface area contributed by atoms with Crippen LogP contribution >= 0.6 is 11.3 Å². The number of nitrogens with zero attached hydrogens (tertiary/aromatic N) is 5. The number of benzene rings is 1. The number of rotatable bonds is 4. The Labute approximate surface area is 211 Å². The van der Waals surface area contributed by atoms with Gasteiger partial charge in [-0.15, -0.1) is 11.3 Å². The number of aryl methyl sites for hydroxylation is 1. The van der Waals surface area contributed by atoms with Gasteiger partial charge in [0.05, 0.1) is 6.04 Å². The summed E-state index contributed by atoms with van der Waals surface area (Å²) in [4.78, 5) is 38.6. The summed E-state index contributed by atoms with van der Waals surface area (Å²) in [6.07, 6.45) is 5.86. The van der Waals surface area contributed by atoms with Gasteiger partial charge in [-0.3, -0.25) is 14.5 Å². The van der Waals surface area contributed by atoms with Crippen LogP contribution in [0.25, 0.3) is 0 Å². The van der Waals surface area contributed by atoms with Gasteiger partial charge in [0.1, 0.15) is 7.85 Å². The van der Waals surface area contributed by atoms with Crippen LogP contribution in [-0.4, -0.2) is 90.7 Å². The third-order valence-electron chi connectivity index (χ3n) is 7.82. The van der Waals surface area contributed by atoms with E-state index in [-0.39, 0.29) is 17.9 Å². The highest BCUT2D eigenvalue weighted by Crippen LogP contribution is 2.42. The molecule has 4 heterocycles. The lowest BCUT2D eigenvalue weighted by molar-refractivity contribution is -0.117. The first-order valence-corrected chi connectivity index (χ1v) is 13.5. The van der Waals surface area contributed by atoms with Crippen molar-refractivity contribution in [3.63, 3.8) is 0 Å². The van der Waals surface area contributed by atoms with Crippen LogP contribution in [0.1, 0.15) is 41.6 Å². The number of allylic oxidation sites excluding steroid dienone is 1. The fourth-order valence-electron chi connectivity index (χ4n) is 5.90. The number of amides is 2. The number of likely N-dealkylation sites (tertiary alicyclic amines) is 1. The highest BCUT2D eigenvalue weighted by molar-refractivity contribution is 7.11. The molecule has 1 saturated carbocycles. The number of anilines is 1. The van der Waals surface area contributed by atoms with Crippen LogP contribution < -0.4 is 10.4 Å². The average molecular weight is 487 g/mol. The molecule has 2 amide bonds. The number of thiazole rings is 1. The molecule has 1 aliphatic carbocycles. The molecule has 3 aliphatic heterocycles. The van der Waals surface area contributed by atoms with Crippen LogP contribution in [0.4, 0.5) is 5.69 Å². The van der Waals surface area contributed by atoms with Crippen molar-refractivity contribution in [1.82, 2.24) is 19.7 Å². The van der Waals surface area contributed by atoms with E-state index in [0.717, 1.165) is 76.1 Å². The fraction of sp³-hybridized carbons (Fsp3) is 0.500. The quantitative estimate of drug-likeness (QED) is 0.616. The molecule has 0 N–H and O–H groups in total. The van der Waals surface area contributed by atoms with Crippen molar-refractivity contribution >= 4 is 42.1 Å². The second kappa shape index (κ2) is 9.10. The van der Waals surface area contributed by atoms with Crippen LogP contribution in [0.2, 0.25) is 0 Å². The van der Waals surface area contributed by atoms with Gasteiger partial charge in [-0.05, 0) is 42.9 Å². The first-order chi connectivity index (χ1) is 17.0. The Morgan fingerprint density at radius 2 is 1.83 bits per heavy atom. The summed E-state index contributed by atoms with van der Waals surface area (Å²) in [5, 5.41) is 2.44. The molecule has 2 radical (unpaired) electrons. The Hall–Kier alpha value is -2.65. The smallest absolute Gasteiger partial charge is 0.282 e. The van der Waals surface area contributed by atoms with Gasteiger partial charge in [-0.1, -0.05) is 17.6 Å². The molecule has 7 nitrogen and oxygen atoms in total. The van der Waals surface area contributed by atoms with Gasteiger partial charge in [-0.2, -0.15) is 0 Å². The SMILES string of the molecule is [B]c1ccc2c(c1)CCC(C(=C1CC1)N1CC(N3CCN(C(=O)c4nccs4)CC3)C1)N2C(C)=O. The first-order valence-electron chi connectivity index (χ1n) is 12.6. The summed E-state index contributed by atoms with van der Waals surface area (Å²) in [5.74, 6) is 0.150. The Bertz CT molecular complexity index is 1160. The van der Waals surface area contributed by atoms with Crippen molar-refractivity contribution in [1.29, 1.82) is 0 Å². The molecule has 0 bridgehead atoms. The van der Waals surface area contributed by atoms with Gasteiger partial charge in [0.15, 0.2) is 5.01 Å². The van der Waals surface area contributed by atoms with E-state index >= 15 is 0 Å². The molecule has 6 rings (SSSR count). The summed E-state index contributed by atoms with van der Waals surface area (Å²) in [6, 6.07) is 6.54. The fourth-order valence-corrected chi connectivity index (χ4v) is 6.51. The zero-order valence-electron chi connectivity index (χ0n) is 20.2. The second-order valence-corrected chi connectivity index (χ2v) is 10.9. The van der Waals surface area contributed by atoms with Crippen molar-refractivity contribution < 1.29 is 9.59 Å². The molecule has 1 aromatic carbocycles. The predicted octanol–water partition coefficient (Wildman–Crippen LogP) is 1.79. The minimum atomic E-state index is 0.0549. The Morgan fingerprint density at radius 3 is 2.49 bits per heavy atom. The van der Waals surface area contributed by atoms with Gasteiger partial charge in [0.25, 0.3) is 5.91 Å². The van der Waals surface area contributed by atoms with Crippen LogP contribution in [0, 0.1) is 0 Å². The van der Waals surface area contributed by atoms with Crippen molar-refractivity contribution in [3.05, 3.63) is 51.6 Å². The largest absolute Gasteiger partial charge is 0.370 e. The Kier molecular flexibility index (Phi) is 5.93. The third-order valence-corrected chi connectivity index (χ3v) is 8.58. The van der Waals surface area contributed by atoms with Gasteiger partial charge >= 0.3 is 0 Å². The molecule has 4 aliphatic rings. The minimum Gasteiger partial charge on any atom is -0.370 e. The van der Waals surface area contributed by atoms with Gasteiger partial charge in [0, 0.05) is 75.2 Å². The van der Waals surface area contributed by atoms with Gasteiger partial charge < -0.3 is 14.7 Å². The zero-order chi connectivity index (χ0) is 24.1. The van der Waals surface area contributed by atoms with E-state index in [1.54, 1.807) is 13.1 Å². The van der Waals surface area contributed by atoms with Crippen LogP contribution in [0.3, 0.4) is 0 Å². The topological polar surface area (TPSA) is 60.0 Å². The van der Waals surface area contributed by atoms with Crippen molar-refractivity contribution in [2.75, 3.05) is 44.2 Å². The summed E-state index contributed by atoms with van der Waals surface area (Å²) < 4.78 is 0.